The van der Waals surface area contributed by atoms with E-state index in [0.717, 1.165) is 13.1 Å². The van der Waals surface area contributed by atoms with Gasteiger partial charge in [-0.2, -0.15) is 11.3 Å². The summed E-state index contributed by atoms with van der Waals surface area (Å²) in [5.41, 5.74) is 0.669. The van der Waals surface area contributed by atoms with Gasteiger partial charge in [-0.1, -0.05) is 13.8 Å². The van der Waals surface area contributed by atoms with Crippen molar-refractivity contribution in [2.45, 2.75) is 26.7 Å². The van der Waals surface area contributed by atoms with Gasteiger partial charge in [-0.25, -0.2) is 0 Å². The molecule has 0 saturated carbocycles. The lowest BCUT2D eigenvalue weighted by atomic mass is 9.92. The average Bonchev–Trinajstić information content (AvgIpc) is 2.91. The maximum atomic E-state index is 12.1. The molecular weight excluding hydrogens is 272 g/mol. The van der Waals surface area contributed by atoms with Crippen LogP contribution in [0.15, 0.2) is 16.8 Å². The molecule has 4 nitrogen and oxygen atoms in total. The third-order valence-corrected chi connectivity index (χ3v) is 4.31. The second-order valence-electron chi connectivity index (χ2n) is 5.76. The van der Waals surface area contributed by atoms with Crippen molar-refractivity contribution in [3.63, 3.8) is 0 Å². The van der Waals surface area contributed by atoms with E-state index in [9.17, 15) is 9.59 Å². The van der Waals surface area contributed by atoms with Gasteiger partial charge in [0, 0.05) is 37.0 Å². The van der Waals surface area contributed by atoms with E-state index in [0.29, 0.717) is 30.4 Å². The molecule has 0 spiro atoms. The number of nitrogens with one attached hydrogen (secondary N) is 1. The molecule has 110 valence electrons. The van der Waals surface area contributed by atoms with Gasteiger partial charge in [0.25, 0.3) is 5.91 Å². The fraction of sp³-hybridized carbons (Fsp3) is 0.600. The van der Waals surface area contributed by atoms with Crippen LogP contribution < -0.4 is 5.32 Å². The van der Waals surface area contributed by atoms with Gasteiger partial charge in [-0.05, 0) is 29.7 Å². The van der Waals surface area contributed by atoms with Gasteiger partial charge in [-0.15, -0.1) is 0 Å². The van der Waals surface area contributed by atoms with E-state index in [4.69, 9.17) is 0 Å². The Hall–Kier alpha value is -1.36. The Balaban J connectivity index is 1.73. The quantitative estimate of drug-likeness (QED) is 0.927. The summed E-state index contributed by atoms with van der Waals surface area (Å²) in [6, 6.07) is 1.79. The Morgan fingerprint density at radius 2 is 2.05 bits per heavy atom. The molecule has 0 aromatic carbocycles. The SMILES string of the molecule is C[C@@H]1C[C@H](C)CN(C(=O)CCNC(=O)c2ccsc2)C1. The van der Waals surface area contributed by atoms with Crippen LogP contribution in [0.3, 0.4) is 0 Å². The molecule has 2 atom stereocenters. The predicted octanol–water partition coefficient (Wildman–Crippen LogP) is 2.37. The van der Waals surface area contributed by atoms with Crippen LogP contribution in [0.2, 0.25) is 0 Å². The number of amides is 2. The Kier molecular flexibility index (Phi) is 5.17. The van der Waals surface area contributed by atoms with Crippen LogP contribution in [-0.2, 0) is 4.79 Å². The largest absolute Gasteiger partial charge is 0.351 e. The van der Waals surface area contributed by atoms with Crippen molar-refractivity contribution in [3.8, 4) is 0 Å². The maximum Gasteiger partial charge on any atom is 0.252 e. The minimum atomic E-state index is -0.0977. The average molecular weight is 294 g/mol. The summed E-state index contributed by atoms with van der Waals surface area (Å²) in [6.45, 7) is 6.48. The first-order valence-electron chi connectivity index (χ1n) is 7.14. The summed E-state index contributed by atoms with van der Waals surface area (Å²) in [4.78, 5) is 25.8. The lowest BCUT2D eigenvalue weighted by molar-refractivity contribution is -0.133. The van der Waals surface area contributed by atoms with Crippen molar-refractivity contribution >= 4 is 23.2 Å². The molecule has 0 aliphatic carbocycles. The molecule has 1 saturated heterocycles. The minimum Gasteiger partial charge on any atom is -0.351 e. The summed E-state index contributed by atoms with van der Waals surface area (Å²) in [7, 11) is 0. The zero-order valence-electron chi connectivity index (χ0n) is 12.1. The summed E-state index contributed by atoms with van der Waals surface area (Å²) in [5, 5.41) is 6.48. The van der Waals surface area contributed by atoms with Crippen molar-refractivity contribution < 1.29 is 9.59 Å². The highest BCUT2D eigenvalue weighted by atomic mass is 32.1. The zero-order valence-corrected chi connectivity index (χ0v) is 12.9. The number of piperidine rings is 1. The zero-order chi connectivity index (χ0) is 14.5. The number of likely N-dealkylation sites (tertiary alicyclic amines) is 1. The summed E-state index contributed by atoms with van der Waals surface area (Å²) in [5.74, 6) is 1.19. The van der Waals surface area contributed by atoms with E-state index in [2.05, 4.69) is 19.2 Å². The van der Waals surface area contributed by atoms with Gasteiger partial charge >= 0.3 is 0 Å². The highest BCUT2D eigenvalue weighted by molar-refractivity contribution is 7.08. The first-order chi connectivity index (χ1) is 9.56. The van der Waals surface area contributed by atoms with Crippen LogP contribution in [0.5, 0.6) is 0 Å². The molecule has 1 aliphatic rings. The number of hydrogen-bond donors (Lipinski definition) is 1. The fourth-order valence-corrected chi connectivity index (χ4v) is 3.44. The monoisotopic (exact) mass is 294 g/mol. The molecule has 0 radical (unpaired) electrons. The topological polar surface area (TPSA) is 49.4 Å². The van der Waals surface area contributed by atoms with Gasteiger partial charge in [0.05, 0.1) is 0 Å². The molecule has 0 bridgehead atoms. The van der Waals surface area contributed by atoms with Crippen LogP contribution >= 0.6 is 11.3 Å². The van der Waals surface area contributed by atoms with E-state index in [1.807, 2.05) is 15.7 Å². The molecule has 0 unspecified atom stereocenters. The molecule has 2 heterocycles. The fourth-order valence-electron chi connectivity index (χ4n) is 2.80. The molecule has 1 aromatic rings. The molecule has 1 aliphatic heterocycles. The van der Waals surface area contributed by atoms with Gasteiger partial charge in [0.2, 0.25) is 5.91 Å². The minimum absolute atomic E-state index is 0.0977. The molecule has 1 aromatic heterocycles. The van der Waals surface area contributed by atoms with E-state index in [1.165, 1.54) is 17.8 Å². The molecule has 20 heavy (non-hydrogen) atoms. The van der Waals surface area contributed by atoms with Crippen LogP contribution in [-0.4, -0.2) is 36.3 Å². The van der Waals surface area contributed by atoms with Crippen LogP contribution in [0.1, 0.15) is 37.0 Å². The third kappa shape index (κ3) is 4.07. The number of carbonyl (C=O) groups excluding carboxylic acids is 2. The van der Waals surface area contributed by atoms with Crippen molar-refractivity contribution in [1.82, 2.24) is 10.2 Å². The Labute approximate surface area is 124 Å². The summed E-state index contributed by atoms with van der Waals surface area (Å²) < 4.78 is 0. The first-order valence-corrected chi connectivity index (χ1v) is 8.08. The van der Waals surface area contributed by atoms with Crippen molar-refractivity contribution in [1.29, 1.82) is 0 Å². The van der Waals surface area contributed by atoms with Crippen molar-refractivity contribution in [3.05, 3.63) is 22.4 Å². The lowest BCUT2D eigenvalue weighted by Crippen LogP contribution is -2.43. The highest BCUT2D eigenvalue weighted by Crippen LogP contribution is 2.21. The maximum absolute atomic E-state index is 12.1. The standard InChI is InChI=1S/C15H22N2O2S/c1-11-7-12(2)9-17(8-11)14(18)3-5-16-15(19)13-4-6-20-10-13/h4,6,10-12H,3,5,7-9H2,1-2H3,(H,16,19)/t11-,12+. The van der Waals surface area contributed by atoms with Gasteiger partial charge in [-0.3, -0.25) is 9.59 Å². The molecular formula is C15H22N2O2S. The molecule has 2 amide bonds. The second-order valence-corrected chi connectivity index (χ2v) is 6.54. The smallest absolute Gasteiger partial charge is 0.252 e. The number of thiophene rings is 1. The van der Waals surface area contributed by atoms with E-state index in [1.54, 1.807) is 6.07 Å². The van der Waals surface area contributed by atoms with Gasteiger partial charge < -0.3 is 10.2 Å². The van der Waals surface area contributed by atoms with Gasteiger partial charge in [0.1, 0.15) is 0 Å². The van der Waals surface area contributed by atoms with Crippen LogP contribution in [0.25, 0.3) is 0 Å². The van der Waals surface area contributed by atoms with E-state index < -0.39 is 0 Å². The number of carbonyl (C=O) groups is 2. The number of rotatable bonds is 4. The van der Waals surface area contributed by atoms with E-state index in [-0.39, 0.29) is 11.8 Å². The van der Waals surface area contributed by atoms with E-state index >= 15 is 0 Å². The molecule has 2 rings (SSSR count). The molecule has 1 fully saturated rings. The lowest BCUT2D eigenvalue weighted by Gasteiger charge is -2.35. The Bertz CT molecular complexity index is 448. The van der Waals surface area contributed by atoms with Crippen LogP contribution in [0, 0.1) is 11.8 Å². The van der Waals surface area contributed by atoms with Gasteiger partial charge in [0.15, 0.2) is 0 Å². The second kappa shape index (κ2) is 6.88. The number of hydrogen-bond acceptors (Lipinski definition) is 3. The molecule has 1 N–H and O–H groups in total. The summed E-state index contributed by atoms with van der Waals surface area (Å²) >= 11 is 1.49. The van der Waals surface area contributed by atoms with Crippen LogP contribution in [0.4, 0.5) is 0 Å². The van der Waals surface area contributed by atoms with Crippen molar-refractivity contribution in [2.24, 2.45) is 11.8 Å². The Morgan fingerprint density at radius 3 is 2.65 bits per heavy atom. The predicted molar refractivity (Wildman–Crippen MR) is 80.8 cm³/mol. The highest BCUT2D eigenvalue weighted by Gasteiger charge is 2.24. The molecule has 5 heteroatoms. The van der Waals surface area contributed by atoms with Crippen molar-refractivity contribution in [2.75, 3.05) is 19.6 Å². The third-order valence-electron chi connectivity index (χ3n) is 3.63. The number of nitrogens with zero attached hydrogens (tertiary/aromatic N) is 1. The normalized spacial score (nSPS) is 22.6. The summed E-state index contributed by atoms with van der Waals surface area (Å²) in [6.07, 6.45) is 1.58. The Morgan fingerprint density at radius 1 is 1.35 bits per heavy atom. The first kappa shape index (κ1) is 15.0.